The van der Waals surface area contributed by atoms with Gasteiger partial charge >= 0.3 is 0 Å². The average molecular weight is 238 g/mol. The molecule has 2 aliphatic carbocycles. The maximum atomic E-state index is 6.28. The van der Waals surface area contributed by atoms with Gasteiger partial charge in [-0.15, -0.1) is 0 Å². The van der Waals surface area contributed by atoms with Crippen molar-refractivity contribution in [2.45, 2.75) is 77.3 Å². The maximum Gasteiger partial charge on any atom is 0.00792 e. The van der Waals surface area contributed by atoms with Crippen LogP contribution in [0, 0.1) is 11.3 Å². The van der Waals surface area contributed by atoms with Gasteiger partial charge in [-0.1, -0.05) is 33.1 Å². The minimum Gasteiger partial charge on any atom is -0.327 e. The molecule has 2 fully saturated rings. The van der Waals surface area contributed by atoms with Crippen LogP contribution in [-0.2, 0) is 0 Å². The zero-order chi connectivity index (χ0) is 12.3. The van der Waals surface area contributed by atoms with E-state index in [2.05, 4.69) is 19.2 Å². The normalized spacial score (nSPS) is 37.9. The summed E-state index contributed by atoms with van der Waals surface area (Å²) in [6.45, 7) is 5.94. The number of hydrogen-bond donors (Lipinski definition) is 2. The minimum atomic E-state index is 0.444. The molecule has 0 radical (unpaired) electrons. The lowest BCUT2D eigenvalue weighted by atomic mass is 9.91. The van der Waals surface area contributed by atoms with Gasteiger partial charge in [-0.25, -0.2) is 0 Å². The third-order valence-electron chi connectivity index (χ3n) is 4.86. The monoisotopic (exact) mass is 238 g/mol. The predicted molar refractivity (Wildman–Crippen MR) is 74.0 cm³/mol. The van der Waals surface area contributed by atoms with E-state index in [9.17, 15) is 0 Å². The summed E-state index contributed by atoms with van der Waals surface area (Å²) in [5.74, 6) is 0.723. The lowest BCUT2D eigenvalue weighted by molar-refractivity contribution is 0.332. The smallest absolute Gasteiger partial charge is 0.00792 e. The molecule has 3 atom stereocenters. The van der Waals surface area contributed by atoms with Crippen molar-refractivity contribution in [3.63, 3.8) is 0 Å². The van der Waals surface area contributed by atoms with Crippen LogP contribution in [-0.4, -0.2) is 18.6 Å². The van der Waals surface area contributed by atoms with Crippen molar-refractivity contribution < 1.29 is 0 Å². The Bertz CT molecular complexity index is 237. The summed E-state index contributed by atoms with van der Waals surface area (Å²) >= 11 is 0. The summed E-state index contributed by atoms with van der Waals surface area (Å²) in [5.41, 5.74) is 6.84. The molecule has 100 valence electrons. The molecule has 0 spiro atoms. The molecule has 2 nitrogen and oxygen atoms in total. The second kappa shape index (κ2) is 5.71. The van der Waals surface area contributed by atoms with Crippen molar-refractivity contribution in [1.29, 1.82) is 0 Å². The third kappa shape index (κ3) is 3.96. The second-order valence-electron chi connectivity index (χ2n) is 7.07. The van der Waals surface area contributed by atoms with E-state index in [1.807, 2.05) is 0 Å². The molecule has 2 saturated carbocycles. The van der Waals surface area contributed by atoms with Gasteiger partial charge in [0.25, 0.3) is 0 Å². The van der Waals surface area contributed by atoms with Crippen molar-refractivity contribution in [1.82, 2.24) is 5.32 Å². The van der Waals surface area contributed by atoms with Gasteiger partial charge < -0.3 is 11.1 Å². The Morgan fingerprint density at radius 2 is 1.88 bits per heavy atom. The van der Waals surface area contributed by atoms with E-state index in [0.29, 0.717) is 11.5 Å². The molecule has 0 aromatic rings. The van der Waals surface area contributed by atoms with Crippen LogP contribution in [0.3, 0.4) is 0 Å². The van der Waals surface area contributed by atoms with Gasteiger partial charge in [-0.3, -0.25) is 0 Å². The number of nitrogens with two attached hydrogens (primary N) is 1. The Morgan fingerprint density at radius 1 is 1.12 bits per heavy atom. The molecular formula is C15H30N2. The molecule has 0 heterocycles. The Balaban J connectivity index is 1.73. The van der Waals surface area contributed by atoms with E-state index in [1.54, 1.807) is 0 Å². The first-order chi connectivity index (χ1) is 8.07. The molecule has 0 bridgehead atoms. The molecule has 2 rings (SSSR count). The zero-order valence-electron chi connectivity index (χ0n) is 11.7. The third-order valence-corrected chi connectivity index (χ3v) is 4.86. The first-order valence-corrected chi connectivity index (χ1v) is 7.56. The maximum absolute atomic E-state index is 6.28. The second-order valence-corrected chi connectivity index (χ2v) is 7.07. The summed E-state index contributed by atoms with van der Waals surface area (Å²) < 4.78 is 0. The fourth-order valence-electron chi connectivity index (χ4n) is 3.59. The summed E-state index contributed by atoms with van der Waals surface area (Å²) in [6.07, 6.45) is 10.8. The van der Waals surface area contributed by atoms with Crippen molar-refractivity contribution in [3.8, 4) is 0 Å². The number of rotatable bonds is 3. The SMILES string of the molecule is CC1(C)CCC(NCC2CCCCCC2N)C1. The lowest BCUT2D eigenvalue weighted by Gasteiger charge is -2.24. The molecule has 2 heteroatoms. The molecule has 0 aromatic heterocycles. The Labute approximate surface area is 107 Å². The number of hydrogen-bond acceptors (Lipinski definition) is 2. The topological polar surface area (TPSA) is 38.0 Å². The lowest BCUT2D eigenvalue weighted by Crippen LogP contribution is -2.39. The Kier molecular flexibility index (Phi) is 4.48. The highest BCUT2D eigenvalue weighted by Crippen LogP contribution is 2.37. The van der Waals surface area contributed by atoms with E-state index in [1.165, 1.54) is 51.4 Å². The zero-order valence-corrected chi connectivity index (χ0v) is 11.7. The molecule has 3 N–H and O–H groups in total. The fraction of sp³-hybridized carbons (Fsp3) is 1.00. The first-order valence-electron chi connectivity index (χ1n) is 7.56. The molecule has 0 saturated heterocycles. The van der Waals surface area contributed by atoms with E-state index in [0.717, 1.165) is 18.5 Å². The van der Waals surface area contributed by atoms with Crippen LogP contribution in [0.25, 0.3) is 0 Å². The highest BCUT2D eigenvalue weighted by molar-refractivity contribution is 4.88. The summed E-state index contributed by atoms with van der Waals surface area (Å²) in [4.78, 5) is 0. The van der Waals surface area contributed by atoms with Crippen molar-refractivity contribution in [2.24, 2.45) is 17.1 Å². The molecule has 0 aliphatic heterocycles. The van der Waals surface area contributed by atoms with Crippen LogP contribution in [0.5, 0.6) is 0 Å². The van der Waals surface area contributed by atoms with Crippen molar-refractivity contribution >= 4 is 0 Å². The van der Waals surface area contributed by atoms with E-state index in [4.69, 9.17) is 5.73 Å². The fourth-order valence-corrected chi connectivity index (χ4v) is 3.59. The molecule has 17 heavy (non-hydrogen) atoms. The van der Waals surface area contributed by atoms with Gasteiger partial charge in [0.05, 0.1) is 0 Å². The minimum absolute atomic E-state index is 0.444. The average Bonchev–Trinajstić information content (AvgIpc) is 2.48. The van der Waals surface area contributed by atoms with Gasteiger partial charge in [0.2, 0.25) is 0 Å². The van der Waals surface area contributed by atoms with Gasteiger partial charge in [0.1, 0.15) is 0 Å². The Morgan fingerprint density at radius 3 is 2.59 bits per heavy atom. The largest absolute Gasteiger partial charge is 0.327 e. The van der Waals surface area contributed by atoms with Crippen LogP contribution in [0.4, 0.5) is 0 Å². The highest BCUT2D eigenvalue weighted by Gasteiger charge is 2.31. The van der Waals surface area contributed by atoms with E-state index < -0.39 is 0 Å². The molecule has 3 unspecified atom stereocenters. The molecule has 2 aliphatic rings. The molecular weight excluding hydrogens is 208 g/mol. The summed E-state index contributed by atoms with van der Waals surface area (Å²) in [6, 6.07) is 1.19. The summed E-state index contributed by atoms with van der Waals surface area (Å²) in [5, 5.41) is 3.79. The van der Waals surface area contributed by atoms with Crippen molar-refractivity contribution in [3.05, 3.63) is 0 Å². The van der Waals surface area contributed by atoms with Crippen LogP contribution < -0.4 is 11.1 Å². The van der Waals surface area contributed by atoms with E-state index >= 15 is 0 Å². The Hall–Kier alpha value is -0.0800. The predicted octanol–water partition coefficient (Wildman–Crippen LogP) is 3.06. The first kappa shape index (κ1) is 13.4. The van der Waals surface area contributed by atoms with Crippen LogP contribution in [0.2, 0.25) is 0 Å². The number of nitrogens with one attached hydrogen (secondary N) is 1. The van der Waals surface area contributed by atoms with Gasteiger partial charge in [0, 0.05) is 12.1 Å². The standard InChI is InChI=1S/C15H30N2/c1-15(2)9-8-13(10-15)17-11-12-6-4-3-5-7-14(12)16/h12-14,17H,3-11,16H2,1-2H3. The highest BCUT2D eigenvalue weighted by atomic mass is 14.9. The van der Waals surface area contributed by atoms with Crippen molar-refractivity contribution in [2.75, 3.05) is 6.54 Å². The van der Waals surface area contributed by atoms with Gasteiger partial charge in [-0.05, 0) is 50.0 Å². The quantitative estimate of drug-likeness (QED) is 0.742. The van der Waals surface area contributed by atoms with Crippen LogP contribution in [0.15, 0.2) is 0 Å². The van der Waals surface area contributed by atoms with Crippen LogP contribution in [0.1, 0.15) is 65.2 Å². The van der Waals surface area contributed by atoms with E-state index in [-0.39, 0.29) is 0 Å². The molecule has 0 amide bonds. The molecule has 0 aromatic carbocycles. The van der Waals surface area contributed by atoms with Gasteiger partial charge in [-0.2, -0.15) is 0 Å². The van der Waals surface area contributed by atoms with Gasteiger partial charge in [0.15, 0.2) is 0 Å². The van der Waals surface area contributed by atoms with Crippen LogP contribution >= 0.6 is 0 Å². The summed E-state index contributed by atoms with van der Waals surface area (Å²) in [7, 11) is 0.